The molecule has 176 valence electrons. The fourth-order valence-corrected chi connectivity index (χ4v) is 3.90. The summed E-state index contributed by atoms with van der Waals surface area (Å²) in [5.74, 6) is -0.713. The Morgan fingerprint density at radius 1 is 0.486 bits per heavy atom. The Labute approximate surface area is 204 Å². The zero-order valence-corrected chi connectivity index (χ0v) is 19.5. The lowest BCUT2D eigenvalue weighted by Crippen LogP contribution is -2.40. The van der Waals surface area contributed by atoms with Crippen LogP contribution < -0.4 is 29.7 Å². The van der Waals surface area contributed by atoms with Crippen molar-refractivity contribution in [2.45, 2.75) is 32.6 Å². The van der Waals surface area contributed by atoms with Gasteiger partial charge in [-0.3, -0.25) is 9.59 Å². The molecule has 4 aromatic rings. The predicted molar refractivity (Wildman–Crippen MR) is 128 cm³/mol. The molecule has 0 radical (unpaired) electrons. The highest BCUT2D eigenvalue weighted by atomic mass is 16.1. The van der Waals surface area contributed by atoms with Crippen LogP contribution in [-0.4, -0.2) is 11.8 Å². The van der Waals surface area contributed by atoms with Crippen LogP contribution in [0.25, 0.3) is 22.3 Å². The molecule has 0 aliphatic heterocycles. The summed E-state index contributed by atoms with van der Waals surface area (Å²) < 4.78 is 7.89. The molecule has 2 amide bonds. The third-order valence-corrected chi connectivity index (χ3v) is 5.74. The summed E-state index contributed by atoms with van der Waals surface area (Å²) in [5.41, 5.74) is 14.9. The number of pyridine rings is 4. The first-order chi connectivity index (χ1) is 17.0. The molecule has 0 aliphatic rings. The van der Waals surface area contributed by atoms with Gasteiger partial charge in [-0.2, -0.15) is 9.13 Å². The summed E-state index contributed by atoms with van der Waals surface area (Å²) >= 11 is 0. The van der Waals surface area contributed by atoms with E-state index in [0.29, 0.717) is 0 Å². The largest absolute Gasteiger partial charge is 0.364 e. The smallest absolute Gasteiger partial charge is 0.283 e. The van der Waals surface area contributed by atoms with Crippen molar-refractivity contribution in [1.82, 2.24) is 0 Å². The van der Waals surface area contributed by atoms with Crippen LogP contribution in [-0.2, 0) is 35.8 Å². The fourth-order valence-electron chi connectivity index (χ4n) is 3.90. The maximum atomic E-state index is 11.0. The van der Waals surface area contributed by atoms with Crippen molar-refractivity contribution < 1.29 is 27.9 Å². The lowest BCUT2D eigenvalue weighted by Gasteiger charge is -2.02. The molecular formula is C27H30N6O2+4. The highest BCUT2D eigenvalue weighted by Crippen LogP contribution is 2.16. The molecule has 0 bridgehead atoms. The Kier molecular flexibility index (Phi) is 7.52. The van der Waals surface area contributed by atoms with Crippen LogP contribution in [0.3, 0.4) is 0 Å². The second kappa shape index (κ2) is 11.1. The van der Waals surface area contributed by atoms with Gasteiger partial charge in [0.15, 0.2) is 62.7 Å². The molecule has 4 N–H and O–H groups in total. The summed E-state index contributed by atoms with van der Waals surface area (Å²) in [6.07, 6.45) is 16.8. The van der Waals surface area contributed by atoms with Crippen LogP contribution in [0.15, 0.2) is 98.1 Å². The lowest BCUT2D eigenvalue weighted by atomic mass is 10.1. The average Bonchev–Trinajstić information content (AvgIpc) is 2.85. The van der Waals surface area contributed by atoms with Gasteiger partial charge in [0, 0.05) is 48.5 Å². The van der Waals surface area contributed by atoms with Crippen LogP contribution in [0, 0.1) is 0 Å². The number of hydrogen-bond donors (Lipinski definition) is 2. The number of nitrogens with zero attached hydrogens (tertiary/aromatic N) is 4. The Balaban J connectivity index is 1.28. The van der Waals surface area contributed by atoms with Crippen LogP contribution in [0.4, 0.5) is 0 Å². The van der Waals surface area contributed by atoms with Gasteiger partial charge in [0.1, 0.15) is 0 Å². The summed E-state index contributed by atoms with van der Waals surface area (Å²) in [5, 5.41) is 0. The van der Waals surface area contributed by atoms with Crippen LogP contribution in [0.5, 0.6) is 0 Å². The molecule has 0 saturated heterocycles. The van der Waals surface area contributed by atoms with Crippen molar-refractivity contribution in [2.24, 2.45) is 11.5 Å². The van der Waals surface area contributed by atoms with E-state index < -0.39 is 0 Å². The monoisotopic (exact) mass is 470 g/mol. The molecule has 8 heteroatoms. The number of aromatic nitrogens is 4. The number of amides is 2. The van der Waals surface area contributed by atoms with E-state index in [1.807, 2.05) is 49.1 Å². The van der Waals surface area contributed by atoms with Crippen molar-refractivity contribution in [1.29, 1.82) is 0 Å². The van der Waals surface area contributed by atoms with Crippen LogP contribution in [0.2, 0.25) is 0 Å². The van der Waals surface area contributed by atoms with Crippen molar-refractivity contribution in [3.63, 3.8) is 0 Å². The molecule has 4 heterocycles. The van der Waals surface area contributed by atoms with Gasteiger partial charge < -0.3 is 11.5 Å². The van der Waals surface area contributed by atoms with E-state index in [0.717, 1.165) is 41.8 Å². The number of carbonyl (C=O) groups excluding carboxylic acids is 2. The minimum atomic E-state index is -0.357. The molecule has 0 saturated carbocycles. The summed E-state index contributed by atoms with van der Waals surface area (Å²) in [6.45, 7) is 2.20. The van der Waals surface area contributed by atoms with Gasteiger partial charge in [0.2, 0.25) is 13.1 Å². The maximum absolute atomic E-state index is 11.0. The molecule has 0 fully saturated rings. The van der Waals surface area contributed by atoms with Gasteiger partial charge in [-0.1, -0.05) is 0 Å². The zero-order valence-electron chi connectivity index (χ0n) is 19.5. The molecule has 0 aliphatic carbocycles. The minimum Gasteiger partial charge on any atom is -0.364 e. The normalized spacial score (nSPS) is 10.7. The molecule has 4 rings (SSSR count). The number of primary amides is 2. The van der Waals surface area contributed by atoms with Gasteiger partial charge in [-0.25, -0.2) is 9.13 Å². The van der Waals surface area contributed by atoms with Crippen molar-refractivity contribution in [2.75, 3.05) is 0 Å². The van der Waals surface area contributed by atoms with E-state index in [4.69, 9.17) is 11.5 Å². The SMILES string of the molecule is NC(=O)C[n+]1ccc(-c2cc[n+](CCC[n+]3ccc(-c4cc[n+](CC(N)=O)cc4)cc3)cc2)cc1. The Morgan fingerprint density at radius 3 is 1.00 bits per heavy atom. The van der Waals surface area contributed by atoms with Crippen molar-refractivity contribution >= 4 is 11.8 Å². The first-order valence-electron chi connectivity index (χ1n) is 11.5. The second-order valence-corrected chi connectivity index (χ2v) is 8.45. The molecule has 8 nitrogen and oxygen atoms in total. The summed E-state index contributed by atoms with van der Waals surface area (Å²) in [7, 11) is 0. The first kappa shape index (κ1) is 23.7. The van der Waals surface area contributed by atoms with E-state index >= 15 is 0 Å². The number of nitrogens with two attached hydrogens (primary N) is 2. The maximum Gasteiger partial charge on any atom is 0.283 e. The van der Waals surface area contributed by atoms with Gasteiger partial charge >= 0.3 is 0 Å². The standard InChI is InChI=1S/C27H28N6O2/c28-26(34)20-32-16-6-24(7-17-32)22-2-12-30(13-3-22)10-1-11-31-14-4-23(5-15-31)25-8-18-33(19-9-25)21-27(29)35/h2-9,12-19H,1,10-11,20-21H2,(H2-2,28,29,34,35)/q+2/p+2. The third-order valence-electron chi connectivity index (χ3n) is 5.74. The van der Waals surface area contributed by atoms with E-state index in [-0.39, 0.29) is 24.9 Å². The van der Waals surface area contributed by atoms with Crippen molar-refractivity contribution in [3.8, 4) is 22.3 Å². The van der Waals surface area contributed by atoms with Gasteiger partial charge in [-0.15, -0.1) is 0 Å². The summed E-state index contributed by atoms with van der Waals surface area (Å²) in [6, 6.07) is 16.3. The molecule has 0 atom stereocenters. The van der Waals surface area contributed by atoms with E-state index in [9.17, 15) is 9.59 Å². The highest BCUT2D eigenvalue weighted by Gasteiger charge is 2.10. The van der Waals surface area contributed by atoms with Gasteiger partial charge in [-0.05, 0) is 22.3 Å². The predicted octanol–water partition coefficient (Wildman–Crippen LogP) is 0.232. The van der Waals surface area contributed by atoms with Crippen molar-refractivity contribution in [3.05, 3.63) is 98.1 Å². The Morgan fingerprint density at radius 2 is 0.743 bits per heavy atom. The molecule has 0 aromatic carbocycles. The van der Waals surface area contributed by atoms with Crippen LogP contribution in [0.1, 0.15) is 6.42 Å². The summed E-state index contributed by atoms with van der Waals surface area (Å²) in [4.78, 5) is 22.1. The number of hydrogen-bond acceptors (Lipinski definition) is 2. The first-order valence-corrected chi connectivity index (χ1v) is 11.5. The Hall–Kier alpha value is -4.46. The van der Waals surface area contributed by atoms with E-state index in [2.05, 4.69) is 58.2 Å². The number of rotatable bonds is 10. The topological polar surface area (TPSA) is 102 Å². The fraction of sp³-hybridized carbons (Fsp3) is 0.185. The van der Waals surface area contributed by atoms with Crippen LogP contribution >= 0.6 is 0 Å². The van der Waals surface area contributed by atoms with E-state index in [1.54, 1.807) is 9.13 Å². The molecular weight excluding hydrogens is 440 g/mol. The minimum absolute atomic E-state index is 0.181. The lowest BCUT2D eigenvalue weighted by molar-refractivity contribution is -0.726. The Bertz CT molecular complexity index is 1180. The highest BCUT2D eigenvalue weighted by molar-refractivity contribution is 5.72. The van der Waals surface area contributed by atoms with Gasteiger partial charge in [0.25, 0.3) is 11.8 Å². The number of aryl methyl sites for hydroxylation is 2. The molecule has 0 spiro atoms. The average molecular weight is 471 g/mol. The third kappa shape index (κ3) is 6.77. The quantitative estimate of drug-likeness (QED) is 0.324. The second-order valence-electron chi connectivity index (χ2n) is 8.45. The van der Waals surface area contributed by atoms with E-state index in [1.165, 1.54) is 0 Å². The number of carbonyl (C=O) groups is 2. The molecule has 35 heavy (non-hydrogen) atoms. The molecule has 4 aromatic heterocycles. The zero-order chi connectivity index (χ0) is 24.6. The molecule has 0 unspecified atom stereocenters. The van der Waals surface area contributed by atoms with Gasteiger partial charge in [0.05, 0.1) is 6.42 Å².